The van der Waals surface area contributed by atoms with Crippen molar-refractivity contribution >= 4 is 0 Å². The maximum Gasteiger partial charge on any atom is 0.119 e. The molecule has 1 saturated heterocycles. The van der Waals surface area contributed by atoms with Crippen LogP contribution in [-0.2, 0) is 4.74 Å². The second-order valence-corrected chi connectivity index (χ2v) is 7.18. The van der Waals surface area contributed by atoms with Gasteiger partial charge in [-0.2, -0.15) is 0 Å². The van der Waals surface area contributed by atoms with E-state index in [0.717, 1.165) is 44.5 Å². The molecule has 1 aliphatic carbocycles. The maximum atomic E-state index is 10.2. The van der Waals surface area contributed by atoms with Crippen LogP contribution >= 0.6 is 0 Å². The van der Waals surface area contributed by atoms with Crippen LogP contribution < -0.4 is 4.74 Å². The molecule has 0 radical (unpaired) electrons. The molecule has 1 aromatic carbocycles. The first-order valence-electron chi connectivity index (χ1n) is 9.53. The Labute approximate surface area is 145 Å². The van der Waals surface area contributed by atoms with Crippen molar-refractivity contribution in [1.82, 2.24) is 4.90 Å². The second-order valence-electron chi connectivity index (χ2n) is 7.18. The van der Waals surface area contributed by atoms with Crippen LogP contribution in [0.3, 0.4) is 0 Å². The number of benzene rings is 1. The molecule has 2 fully saturated rings. The fraction of sp³-hybridized carbons (Fsp3) is 0.700. The van der Waals surface area contributed by atoms with Gasteiger partial charge in [-0.1, -0.05) is 37.5 Å². The zero-order valence-electron chi connectivity index (χ0n) is 14.6. The van der Waals surface area contributed by atoms with Crippen LogP contribution in [0, 0.1) is 0 Å². The van der Waals surface area contributed by atoms with E-state index in [1.807, 2.05) is 30.3 Å². The number of β-amino-alcohol motifs (C(OH)–C–C–N with tert-alkyl or cyclic N) is 1. The van der Waals surface area contributed by atoms with Gasteiger partial charge in [0.05, 0.1) is 18.8 Å². The number of nitrogens with zero attached hydrogens (tertiary/aromatic N) is 1. The van der Waals surface area contributed by atoms with Crippen molar-refractivity contribution in [3.63, 3.8) is 0 Å². The Hall–Kier alpha value is -1.10. The van der Waals surface area contributed by atoms with Crippen molar-refractivity contribution in [3.8, 4) is 5.75 Å². The molecule has 3 rings (SSSR count). The predicted octanol–water partition coefficient (Wildman–Crippen LogP) is 3.24. The molecule has 0 unspecified atom stereocenters. The monoisotopic (exact) mass is 333 g/mol. The highest BCUT2D eigenvalue weighted by molar-refractivity contribution is 5.21. The molecule has 0 bridgehead atoms. The summed E-state index contributed by atoms with van der Waals surface area (Å²) in [6, 6.07) is 10.0. The van der Waals surface area contributed by atoms with E-state index in [4.69, 9.17) is 9.47 Å². The molecule has 1 aromatic rings. The molecular weight excluding hydrogens is 302 g/mol. The van der Waals surface area contributed by atoms with Gasteiger partial charge in [0.2, 0.25) is 0 Å². The molecule has 0 aromatic heterocycles. The number of ether oxygens (including phenoxy) is 2. The van der Waals surface area contributed by atoms with Gasteiger partial charge in [0.15, 0.2) is 0 Å². The maximum absolute atomic E-state index is 10.2. The van der Waals surface area contributed by atoms with Crippen molar-refractivity contribution in [2.45, 2.75) is 63.3 Å². The Bertz CT molecular complexity index is 453. The summed E-state index contributed by atoms with van der Waals surface area (Å²) in [5, 5.41) is 10.2. The number of rotatable bonds is 7. The lowest BCUT2D eigenvalue weighted by atomic mass is 9.98. The van der Waals surface area contributed by atoms with Crippen molar-refractivity contribution in [3.05, 3.63) is 30.3 Å². The van der Waals surface area contributed by atoms with Gasteiger partial charge in [-0.15, -0.1) is 0 Å². The van der Waals surface area contributed by atoms with Gasteiger partial charge < -0.3 is 19.5 Å². The molecular formula is C20H31NO3. The van der Waals surface area contributed by atoms with Crippen molar-refractivity contribution in [2.24, 2.45) is 0 Å². The largest absolute Gasteiger partial charge is 0.490 e. The molecule has 4 nitrogen and oxygen atoms in total. The number of aliphatic hydroxyl groups excluding tert-OH is 1. The highest BCUT2D eigenvalue weighted by Gasteiger charge is 2.23. The van der Waals surface area contributed by atoms with Crippen LogP contribution in [-0.4, -0.2) is 54.6 Å². The topological polar surface area (TPSA) is 41.9 Å². The van der Waals surface area contributed by atoms with Crippen LogP contribution in [0.4, 0.5) is 0 Å². The van der Waals surface area contributed by atoms with Gasteiger partial charge in [-0.25, -0.2) is 0 Å². The van der Waals surface area contributed by atoms with E-state index in [9.17, 15) is 5.11 Å². The number of para-hydroxylation sites is 1. The molecule has 0 amide bonds. The van der Waals surface area contributed by atoms with E-state index in [-0.39, 0.29) is 6.10 Å². The van der Waals surface area contributed by atoms with Crippen molar-refractivity contribution in [1.29, 1.82) is 0 Å². The summed E-state index contributed by atoms with van der Waals surface area (Å²) in [5.41, 5.74) is 0. The number of piperidine rings is 1. The lowest BCUT2D eigenvalue weighted by Crippen LogP contribution is -2.43. The molecule has 4 heteroatoms. The molecule has 1 saturated carbocycles. The fourth-order valence-corrected chi connectivity index (χ4v) is 3.73. The Kier molecular flexibility index (Phi) is 6.94. The van der Waals surface area contributed by atoms with Gasteiger partial charge in [-0.05, 0) is 37.8 Å². The first kappa shape index (κ1) is 17.7. The fourth-order valence-electron chi connectivity index (χ4n) is 3.73. The predicted molar refractivity (Wildman–Crippen MR) is 95.4 cm³/mol. The summed E-state index contributed by atoms with van der Waals surface area (Å²) in [6.07, 6.45) is 8.53. The zero-order valence-corrected chi connectivity index (χ0v) is 14.6. The molecule has 1 aliphatic heterocycles. The smallest absolute Gasteiger partial charge is 0.119 e. The average Bonchev–Trinajstić information content (AvgIpc) is 2.63. The lowest BCUT2D eigenvalue weighted by molar-refractivity contribution is -0.0374. The summed E-state index contributed by atoms with van der Waals surface area (Å²) >= 11 is 0. The average molecular weight is 333 g/mol. The van der Waals surface area contributed by atoms with E-state index >= 15 is 0 Å². The van der Waals surface area contributed by atoms with Crippen LogP contribution in [0.5, 0.6) is 5.75 Å². The number of hydrogen-bond donors (Lipinski definition) is 1. The quantitative estimate of drug-likeness (QED) is 0.832. The van der Waals surface area contributed by atoms with Crippen LogP contribution in [0.15, 0.2) is 30.3 Å². The van der Waals surface area contributed by atoms with Crippen molar-refractivity contribution in [2.75, 3.05) is 26.2 Å². The summed E-state index contributed by atoms with van der Waals surface area (Å²) < 4.78 is 11.9. The highest BCUT2D eigenvalue weighted by Crippen LogP contribution is 2.21. The molecule has 1 heterocycles. The Morgan fingerprint density at radius 2 is 1.67 bits per heavy atom. The second kappa shape index (κ2) is 9.40. The van der Waals surface area contributed by atoms with Gasteiger partial charge in [0.25, 0.3) is 0 Å². The number of likely N-dealkylation sites (tertiary alicyclic amines) is 1. The van der Waals surface area contributed by atoms with Gasteiger partial charge >= 0.3 is 0 Å². The molecule has 1 N–H and O–H groups in total. The summed E-state index contributed by atoms with van der Waals surface area (Å²) in [4.78, 5) is 2.33. The Morgan fingerprint density at radius 1 is 0.958 bits per heavy atom. The third-order valence-electron chi connectivity index (χ3n) is 5.13. The van der Waals surface area contributed by atoms with E-state index in [0.29, 0.717) is 25.4 Å². The summed E-state index contributed by atoms with van der Waals surface area (Å²) in [7, 11) is 0. The summed E-state index contributed by atoms with van der Waals surface area (Å²) in [6.45, 7) is 3.16. The minimum atomic E-state index is -0.376. The normalized spacial score (nSPS) is 22.4. The number of aliphatic hydroxyl groups is 1. The zero-order chi connectivity index (χ0) is 16.6. The van der Waals surface area contributed by atoms with E-state index in [2.05, 4.69) is 4.90 Å². The van der Waals surface area contributed by atoms with Gasteiger partial charge in [-0.3, -0.25) is 0 Å². The summed E-state index contributed by atoms with van der Waals surface area (Å²) in [5.74, 6) is 0.955. The highest BCUT2D eigenvalue weighted by atomic mass is 16.5. The Morgan fingerprint density at radius 3 is 2.38 bits per heavy atom. The standard InChI is InChI=1S/C20H31NO3/c22-17(16-23-18-7-3-1-4-8-18)15-21-13-11-20(12-14-21)24-19-9-5-2-6-10-19/h2,5-6,9-10,17-18,20,22H,1,3-4,7-8,11-16H2/t17-/m0/s1. The molecule has 24 heavy (non-hydrogen) atoms. The van der Waals surface area contributed by atoms with E-state index in [1.54, 1.807) is 0 Å². The minimum absolute atomic E-state index is 0.291. The van der Waals surface area contributed by atoms with Crippen LogP contribution in [0.25, 0.3) is 0 Å². The van der Waals surface area contributed by atoms with E-state index < -0.39 is 0 Å². The minimum Gasteiger partial charge on any atom is -0.490 e. The SMILES string of the molecule is O[C@H](COC1CCCCC1)CN1CCC(Oc2ccccc2)CC1. The first-order valence-corrected chi connectivity index (χ1v) is 9.53. The van der Waals surface area contributed by atoms with Crippen LogP contribution in [0.2, 0.25) is 0 Å². The molecule has 2 aliphatic rings. The van der Waals surface area contributed by atoms with E-state index in [1.165, 1.54) is 19.3 Å². The van der Waals surface area contributed by atoms with Crippen LogP contribution in [0.1, 0.15) is 44.9 Å². The Balaban J connectivity index is 1.31. The van der Waals surface area contributed by atoms with Crippen molar-refractivity contribution < 1.29 is 14.6 Å². The third kappa shape index (κ3) is 5.76. The molecule has 0 spiro atoms. The first-order chi connectivity index (χ1) is 11.8. The van der Waals surface area contributed by atoms with Gasteiger partial charge in [0.1, 0.15) is 11.9 Å². The number of hydrogen-bond acceptors (Lipinski definition) is 4. The lowest BCUT2D eigenvalue weighted by Gasteiger charge is -2.33. The third-order valence-corrected chi connectivity index (χ3v) is 5.13. The van der Waals surface area contributed by atoms with Gasteiger partial charge in [0, 0.05) is 19.6 Å². The molecule has 1 atom stereocenters. The molecule has 134 valence electrons.